The van der Waals surface area contributed by atoms with Crippen LogP contribution >= 0.6 is 0 Å². The van der Waals surface area contributed by atoms with Gasteiger partial charge in [-0.05, 0) is 44.9 Å². The highest BCUT2D eigenvalue weighted by Crippen LogP contribution is 2.15. The summed E-state index contributed by atoms with van der Waals surface area (Å²) in [5.74, 6) is -1.49. The Morgan fingerprint density at radius 2 is 1.06 bits per heavy atom. The van der Waals surface area contributed by atoms with Gasteiger partial charge in [0, 0.05) is 19.3 Å². The SMILES string of the molecule is CC/C=C/C/C=C/C/C=C/CCCCCCC(=O)OCC(COCCC(C(=O)O)[N+](C)(C)C)OC(=O)CCCCCCCCCCCCCCCCC. The van der Waals surface area contributed by atoms with Crippen LogP contribution < -0.4 is 0 Å². The molecule has 0 bridgehead atoms. The maximum absolute atomic E-state index is 12.7. The van der Waals surface area contributed by atoms with E-state index in [1.165, 1.54) is 77.0 Å². The predicted molar refractivity (Wildman–Crippen MR) is 220 cm³/mol. The molecule has 0 aliphatic heterocycles. The van der Waals surface area contributed by atoms with E-state index in [1.807, 2.05) is 21.1 Å². The summed E-state index contributed by atoms with van der Waals surface area (Å²) in [6, 6.07) is -0.616. The fraction of sp³-hybridized carbons (Fsp3) is 0.800. The number of hydrogen-bond donors (Lipinski definition) is 1. The second-order valence-electron chi connectivity index (χ2n) is 15.6. The van der Waals surface area contributed by atoms with Crippen molar-refractivity contribution >= 4 is 17.9 Å². The topological polar surface area (TPSA) is 99.1 Å². The third kappa shape index (κ3) is 35.0. The Balaban J connectivity index is 4.38. The van der Waals surface area contributed by atoms with Crippen molar-refractivity contribution in [2.24, 2.45) is 0 Å². The summed E-state index contributed by atoms with van der Waals surface area (Å²) in [4.78, 5) is 36.9. The van der Waals surface area contributed by atoms with Gasteiger partial charge in [-0.25, -0.2) is 4.79 Å². The number of allylic oxidation sites excluding steroid dienone is 6. The van der Waals surface area contributed by atoms with Gasteiger partial charge in [0.05, 0.1) is 34.4 Å². The van der Waals surface area contributed by atoms with Crippen LogP contribution in [0.2, 0.25) is 0 Å². The number of nitrogens with zero attached hydrogens (tertiary/aromatic N) is 1. The van der Waals surface area contributed by atoms with Crippen LogP contribution in [0, 0.1) is 0 Å². The van der Waals surface area contributed by atoms with Crippen LogP contribution in [-0.4, -0.2) is 80.6 Å². The fourth-order valence-corrected chi connectivity index (χ4v) is 6.22. The molecule has 308 valence electrons. The number of carbonyl (C=O) groups excluding carboxylic acids is 2. The highest BCUT2D eigenvalue weighted by atomic mass is 16.6. The molecule has 0 saturated carbocycles. The minimum Gasteiger partial charge on any atom is -0.477 e. The molecule has 0 heterocycles. The molecule has 2 atom stereocenters. The monoisotopic (exact) mass is 749 g/mol. The summed E-state index contributed by atoms with van der Waals surface area (Å²) in [5, 5.41) is 9.61. The van der Waals surface area contributed by atoms with E-state index in [-0.39, 0.29) is 36.2 Å². The molecule has 0 aromatic carbocycles. The van der Waals surface area contributed by atoms with E-state index in [9.17, 15) is 19.5 Å². The van der Waals surface area contributed by atoms with Gasteiger partial charge in [0.15, 0.2) is 12.1 Å². The Morgan fingerprint density at radius 3 is 1.57 bits per heavy atom. The summed E-state index contributed by atoms with van der Waals surface area (Å²) in [6.07, 6.45) is 40.4. The number of unbranched alkanes of at least 4 members (excludes halogenated alkanes) is 18. The van der Waals surface area contributed by atoms with Crippen LogP contribution in [0.5, 0.6) is 0 Å². The number of ether oxygens (including phenoxy) is 3. The second-order valence-corrected chi connectivity index (χ2v) is 15.6. The first kappa shape index (κ1) is 50.5. The van der Waals surface area contributed by atoms with Crippen molar-refractivity contribution in [1.82, 2.24) is 0 Å². The van der Waals surface area contributed by atoms with Gasteiger partial charge >= 0.3 is 17.9 Å². The first-order chi connectivity index (χ1) is 25.6. The van der Waals surface area contributed by atoms with Crippen LogP contribution in [0.4, 0.5) is 0 Å². The molecule has 53 heavy (non-hydrogen) atoms. The predicted octanol–water partition coefficient (Wildman–Crippen LogP) is 11.5. The maximum atomic E-state index is 12.7. The van der Waals surface area contributed by atoms with Crippen LogP contribution in [0.1, 0.15) is 181 Å². The lowest BCUT2D eigenvalue weighted by Crippen LogP contribution is -2.50. The number of aliphatic carboxylic acids is 1. The van der Waals surface area contributed by atoms with Crippen LogP contribution in [0.3, 0.4) is 0 Å². The third-order valence-corrected chi connectivity index (χ3v) is 9.55. The van der Waals surface area contributed by atoms with E-state index in [2.05, 4.69) is 50.3 Å². The second kappa shape index (κ2) is 36.5. The average molecular weight is 749 g/mol. The highest BCUT2D eigenvalue weighted by Gasteiger charge is 2.31. The molecule has 0 aliphatic rings. The van der Waals surface area contributed by atoms with Gasteiger partial charge in [0.25, 0.3) is 0 Å². The Morgan fingerprint density at radius 1 is 0.585 bits per heavy atom. The highest BCUT2D eigenvalue weighted by molar-refractivity contribution is 5.72. The molecule has 0 spiro atoms. The van der Waals surface area contributed by atoms with E-state index in [0.29, 0.717) is 19.3 Å². The summed E-state index contributed by atoms with van der Waals surface area (Å²) >= 11 is 0. The minimum absolute atomic E-state index is 0.0561. The Hall–Kier alpha value is -2.45. The van der Waals surface area contributed by atoms with E-state index in [0.717, 1.165) is 70.6 Å². The van der Waals surface area contributed by atoms with Gasteiger partial charge < -0.3 is 23.8 Å². The molecule has 0 saturated heterocycles. The van der Waals surface area contributed by atoms with Crippen molar-refractivity contribution in [3.8, 4) is 0 Å². The lowest BCUT2D eigenvalue weighted by atomic mass is 10.0. The van der Waals surface area contributed by atoms with E-state index < -0.39 is 18.1 Å². The number of rotatable bonds is 38. The summed E-state index contributed by atoms with van der Waals surface area (Å²) < 4.78 is 17.2. The van der Waals surface area contributed by atoms with E-state index in [4.69, 9.17) is 14.2 Å². The van der Waals surface area contributed by atoms with E-state index >= 15 is 0 Å². The van der Waals surface area contributed by atoms with Gasteiger partial charge in [0.1, 0.15) is 6.61 Å². The number of carboxylic acids is 1. The first-order valence-corrected chi connectivity index (χ1v) is 21.5. The van der Waals surface area contributed by atoms with Crippen LogP contribution in [-0.2, 0) is 28.6 Å². The molecule has 8 heteroatoms. The van der Waals surface area contributed by atoms with Crippen molar-refractivity contribution < 1.29 is 38.2 Å². The van der Waals surface area contributed by atoms with Gasteiger partial charge in [0.2, 0.25) is 0 Å². The summed E-state index contributed by atoms with van der Waals surface area (Å²) in [7, 11) is 5.52. The van der Waals surface area contributed by atoms with Crippen molar-refractivity contribution in [2.45, 2.75) is 193 Å². The number of quaternary nitrogens is 1. The Labute approximate surface area is 325 Å². The third-order valence-electron chi connectivity index (χ3n) is 9.55. The molecule has 0 amide bonds. The molecule has 0 rings (SSSR count). The van der Waals surface area contributed by atoms with Gasteiger partial charge in [-0.2, -0.15) is 0 Å². The zero-order valence-electron chi connectivity index (χ0n) is 35.0. The fourth-order valence-electron chi connectivity index (χ4n) is 6.22. The van der Waals surface area contributed by atoms with Crippen molar-refractivity contribution in [3.63, 3.8) is 0 Å². The summed E-state index contributed by atoms with van der Waals surface area (Å²) in [6.45, 7) is 4.61. The molecule has 8 nitrogen and oxygen atoms in total. The lowest BCUT2D eigenvalue weighted by molar-refractivity contribution is -0.887. The smallest absolute Gasteiger partial charge is 0.362 e. The minimum atomic E-state index is -0.878. The van der Waals surface area contributed by atoms with Crippen LogP contribution in [0.15, 0.2) is 36.5 Å². The summed E-state index contributed by atoms with van der Waals surface area (Å²) in [5.41, 5.74) is 0. The lowest BCUT2D eigenvalue weighted by Gasteiger charge is -2.31. The average Bonchev–Trinajstić information content (AvgIpc) is 3.11. The molecular weight excluding hydrogens is 666 g/mol. The molecule has 0 aromatic heterocycles. The first-order valence-electron chi connectivity index (χ1n) is 21.5. The zero-order chi connectivity index (χ0) is 39.3. The largest absolute Gasteiger partial charge is 0.477 e. The van der Waals surface area contributed by atoms with Crippen LogP contribution in [0.25, 0.3) is 0 Å². The van der Waals surface area contributed by atoms with Crippen molar-refractivity contribution in [1.29, 1.82) is 0 Å². The molecule has 0 aliphatic carbocycles. The zero-order valence-corrected chi connectivity index (χ0v) is 35.0. The molecule has 0 fully saturated rings. The quantitative estimate of drug-likeness (QED) is 0.0290. The number of likely N-dealkylation sites (N-methyl/N-ethyl adjacent to an activating group) is 1. The maximum Gasteiger partial charge on any atom is 0.362 e. The molecular formula is C45H82NO7+. The normalized spacial score (nSPS) is 13.3. The Kier molecular flexibility index (Phi) is 34.8. The van der Waals surface area contributed by atoms with Crippen molar-refractivity contribution in [2.75, 3.05) is 41.0 Å². The number of carbonyl (C=O) groups is 3. The van der Waals surface area contributed by atoms with Crippen molar-refractivity contribution in [3.05, 3.63) is 36.5 Å². The number of hydrogen-bond acceptors (Lipinski definition) is 6. The standard InChI is InChI=1S/C45H81NO7/c1-6-8-10-12-14-16-18-20-22-24-26-28-30-32-34-36-44(48)53-41(39-51-38-37-42(45(49)50)46(3,4)5)40-52-43(47)35-33-31-29-27-25-23-21-19-17-15-13-11-9-7-2/h9,11,15,17,21,23,41-42H,6-8,10,12-14,16,18-20,22,24-40H2,1-5H3/p+1/b11-9+,17-15+,23-21+. The molecule has 0 radical (unpaired) electrons. The Bertz CT molecular complexity index is 968. The van der Waals surface area contributed by atoms with Gasteiger partial charge in [-0.1, -0.05) is 153 Å². The van der Waals surface area contributed by atoms with Gasteiger partial charge in [-0.15, -0.1) is 0 Å². The number of esters is 2. The number of carboxylic acid groups (broad SMARTS) is 1. The molecule has 0 aromatic rings. The van der Waals surface area contributed by atoms with Gasteiger partial charge in [-0.3, -0.25) is 9.59 Å². The molecule has 1 N–H and O–H groups in total. The van der Waals surface area contributed by atoms with E-state index in [1.54, 1.807) is 0 Å². The molecule has 2 unspecified atom stereocenters.